The van der Waals surface area contributed by atoms with Gasteiger partial charge in [-0.25, -0.2) is 0 Å². The van der Waals surface area contributed by atoms with Crippen molar-refractivity contribution in [3.8, 4) is 5.75 Å². The summed E-state index contributed by atoms with van der Waals surface area (Å²) in [5.41, 5.74) is 2.82. The summed E-state index contributed by atoms with van der Waals surface area (Å²) in [5, 5.41) is 3.60. The van der Waals surface area contributed by atoms with Crippen LogP contribution in [0.5, 0.6) is 5.75 Å². The Morgan fingerprint density at radius 2 is 1.94 bits per heavy atom. The first kappa shape index (κ1) is 21.3. The Morgan fingerprint density at radius 3 is 2.68 bits per heavy atom. The minimum atomic E-state index is -0.101. The molecule has 1 N–H and O–H groups in total. The maximum Gasteiger partial charge on any atom is 0.251 e. The molecule has 7 heteroatoms. The summed E-state index contributed by atoms with van der Waals surface area (Å²) in [6.07, 6.45) is 1.60. The summed E-state index contributed by atoms with van der Waals surface area (Å²) in [4.78, 5) is 17.2. The summed E-state index contributed by atoms with van der Waals surface area (Å²) < 4.78 is 10.8. The number of amides is 1. The molecule has 0 atom stereocenters. The Morgan fingerprint density at radius 1 is 1.10 bits per heavy atom. The number of carbonyl (C=O) groups excluding carboxylic acids is 1. The molecule has 162 valence electrons. The lowest BCUT2D eigenvalue weighted by molar-refractivity contribution is 0.0948. The molecule has 31 heavy (non-hydrogen) atoms. The summed E-state index contributed by atoms with van der Waals surface area (Å²) in [6, 6.07) is 17.2. The molecular weight excluding hydrogens is 414 g/mol. The molecule has 0 saturated carbocycles. The number of hydrogen-bond acceptors (Lipinski definition) is 5. The van der Waals surface area contributed by atoms with E-state index in [2.05, 4.69) is 21.2 Å². The largest absolute Gasteiger partial charge is 0.495 e. The number of ether oxygens (including phenoxy) is 1. The van der Waals surface area contributed by atoms with E-state index in [1.807, 2.05) is 48.5 Å². The highest BCUT2D eigenvalue weighted by molar-refractivity contribution is 6.30. The average molecular weight is 440 g/mol. The van der Waals surface area contributed by atoms with Crippen LogP contribution < -0.4 is 15.0 Å². The van der Waals surface area contributed by atoms with Crippen LogP contribution in [0.3, 0.4) is 0 Å². The summed E-state index contributed by atoms with van der Waals surface area (Å²) >= 11 is 6.19. The SMILES string of the molecule is COc1ccc(Cl)cc1N1CCN(Cc2cccc(C(=O)NCc3ccco3)c2)CC1. The first-order valence-corrected chi connectivity index (χ1v) is 10.7. The van der Waals surface area contributed by atoms with Crippen molar-refractivity contribution < 1.29 is 13.9 Å². The van der Waals surface area contributed by atoms with Crippen molar-refractivity contribution in [2.75, 3.05) is 38.2 Å². The van der Waals surface area contributed by atoms with Gasteiger partial charge in [0.1, 0.15) is 11.5 Å². The molecule has 1 aliphatic rings. The second-order valence-electron chi connectivity index (χ2n) is 7.54. The molecule has 1 fully saturated rings. The fraction of sp³-hybridized carbons (Fsp3) is 0.292. The smallest absolute Gasteiger partial charge is 0.251 e. The number of hydrogen-bond donors (Lipinski definition) is 1. The molecule has 1 saturated heterocycles. The number of nitrogens with zero attached hydrogens (tertiary/aromatic N) is 2. The van der Waals surface area contributed by atoms with E-state index in [1.54, 1.807) is 13.4 Å². The number of piperazine rings is 1. The van der Waals surface area contributed by atoms with Gasteiger partial charge < -0.3 is 19.4 Å². The van der Waals surface area contributed by atoms with Gasteiger partial charge in [-0.15, -0.1) is 0 Å². The molecule has 3 aromatic rings. The van der Waals surface area contributed by atoms with Gasteiger partial charge in [0.15, 0.2) is 0 Å². The second kappa shape index (κ2) is 9.90. The molecule has 1 amide bonds. The summed E-state index contributed by atoms with van der Waals surface area (Å²) in [7, 11) is 1.68. The zero-order valence-corrected chi connectivity index (χ0v) is 18.3. The van der Waals surface area contributed by atoms with Gasteiger partial charge in [-0.05, 0) is 48.0 Å². The summed E-state index contributed by atoms with van der Waals surface area (Å²) in [5.74, 6) is 1.47. The average Bonchev–Trinajstić information content (AvgIpc) is 3.32. The molecule has 0 radical (unpaired) electrons. The highest BCUT2D eigenvalue weighted by atomic mass is 35.5. The lowest BCUT2D eigenvalue weighted by Gasteiger charge is -2.36. The van der Waals surface area contributed by atoms with Gasteiger partial charge in [-0.3, -0.25) is 9.69 Å². The predicted octanol–water partition coefficient (Wildman–Crippen LogP) is 4.19. The van der Waals surface area contributed by atoms with Gasteiger partial charge in [-0.2, -0.15) is 0 Å². The van der Waals surface area contributed by atoms with E-state index in [0.29, 0.717) is 17.1 Å². The van der Waals surface area contributed by atoms with E-state index >= 15 is 0 Å². The molecule has 4 rings (SSSR count). The van der Waals surface area contributed by atoms with E-state index < -0.39 is 0 Å². The van der Waals surface area contributed by atoms with Crippen LogP contribution in [0.15, 0.2) is 65.3 Å². The van der Waals surface area contributed by atoms with E-state index in [4.69, 9.17) is 20.8 Å². The van der Waals surface area contributed by atoms with E-state index in [9.17, 15) is 4.79 Å². The Hall–Kier alpha value is -2.96. The number of carbonyl (C=O) groups is 1. The van der Waals surface area contributed by atoms with Crippen molar-refractivity contribution in [1.82, 2.24) is 10.2 Å². The monoisotopic (exact) mass is 439 g/mol. The molecule has 0 unspecified atom stereocenters. The van der Waals surface area contributed by atoms with Gasteiger partial charge in [0.2, 0.25) is 0 Å². The van der Waals surface area contributed by atoms with Crippen LogP contribution in [0.2, 0.25) is 5.02 Å². The number of nitrogens with one attached hydrogen (secondary N) is 1. The van der Waals surface area contributed by atoms with Crippen molar-refractivity contribution >= 4 is 23.2 Å². The maximum absolute atomic E-state index is 12.5. The molecular formula is C24H26ClN3O3. The molecule has 1 aliphatic heterocycles. The fourth-order valence-corrected chi connectivity index (χ4v) is 3.98. The Kier molecular flexibility index (Phi) is 6.79. The molecule has 1 aromatic heterocycles. The van der Waals surface area contributed by atoms with E-state index in [-0.39, 0.29) is 5.91 Å². The molecule has 0 bridgehead atoms. The number of anilines is 1. The zero-order chi connectivity index (χ0) is 21.6. The lowest BCUT2D eigenvalue weighted by atomic mass is 10.1. The van der Waals surface area contributed by atoms with E-state index in [0.717, 1.165) is 55.5 Å². The third kappa shape index (κ3) is 5.40. The van der Waals surface area contributed by atoms with Crippen LogP contribution in [0.4, 0.5) is 5.69 Å². The van der Waals surface area contributed by atoms with Crippen molar-refractivity contribution in [3.63, 3.8) is 0 Å². The number of rotatable bonds is 7. The third-order valence-electron chi connectivity index (χ3n) is 5.45. The minimum Gasteiger partial charge on any atom is -0.495 e. The van der Waals surface area contributed by atoms with Crippen LogP contribution in [0, 0.1) is 0 Å². The van der Waals surface area contributed by atoms with Crippen molar-refractivity contribution in [3.05, 3.63) is 82.8 Å². The molecule has 0 spiro atoms. The molecule has 6 nitrogen and oxygen atoms in total. The van der Waals surface area contributed by atoms with E-state index in [1.165, 1.54) is 0 Å². The molecule has 0 aliphatic carbocycles. The Balaban J connectivity index is 1.33. The molecule has 2 heterocycles. The quantitative estimate of drug-likeness (QED) is 0.598. The Labute approximate surface area is 187 Å². The van der Waals surface area contributed by atoms with Gasteiger partial charge in [-0.1, -0.05) is 23.7 Å². The van der Waals surface area contributed by atoms with Crippen molar-refractivity contribution in [2.24, 2.45) is 0 Å². The van der Waals surface area contributed by atoms with Crippen molar-refractivity contribution in [1.29, 1.82) is 0 Å². The third-order valence-corrected chi connectivity index (χ3v) is 5.69. The normalized spacial score (nSPS) is 14.5. The van der Waals surface area contributed by atoms with Gasteiger partial charge in [0, 0.05) is 43.3 Å². The Bertz CT molecular complexity index is 1010. The number of furan rings is 1. The zero-order valence-electron chi connectivity index (χ0n) is 17.5. The predicted molar refractivity (Wildman–Crippen MR) is 122 cm³/mol. The lowest BCUT2D eigenvalue weighted by Crippen LogP contribution is -2.46. The summed E-state index contributed by atoms with van der Waals surface area (Å²) in [6.45, 7) is 4.81. The minimum absolute atomic E-state index is 0.101. The number of benzene rings is 2. The van der Waals surface area contributed by atoms with Gasteiger partial charge >= 0.3 is 0 Å². The number of methoxy groups -OCH3 is 1. The van der Waals surface area contributed by atoms with Crippen molar-refractivity contribution in [2.45, 2.75) is 13.1 Å². The highest BCUT2D eigenvalue weighted by Gasteiger charge is 2.20. The first-order valence-electron chi connectivity index (χ1n) is 10.3. The number of halogens is 1. The maximum atomic E-state index is 12.5. The molecule has 2 aromatic carbocycles. The van der Waals surface area contributed by atoms with Crippen LogP contribution in [-0.4, -0.2) is 44.1 Å². The van der Waals surface area contributed by atoms with Crippen LogP contribution in [0.25, 0.3) is 0 Å². The highest BCUT2D eigenvalue weighted by Crippen LogP contribution is 2.32. The standard InChI is InChI=1S/C24H26ClN3O3/c1-30-23-8-7-20(25)15-22(23)28-11-9-27(10-12-28)17-18-4-2-5-19(14-18)24(29)26-16-21-6-3-13-31-21/h2-8,13-15H,9-12,16-17H2,1H3,(H,26,29). The van der Waals surface area contributed by atoms with Gasteiger partial charge in [0.25, 0.3) is 5.91 Å². The van der Waals surface area contributed by atoms with Crippen LogP contribution >= 0.6 is 11.6 Å². The van der Waals surface area contributed by atoms with Gasteiger partial charge in [0.05, 0.1) is 25.6 Å². The second-order valence-corrected chi connectivity index (χ2v) is 7.98. The fourth-order valence-electron chi connectivity index (χ4n) is 3.81. The van der Waals surface area contributed by atoms with Crippen LogP contribution in [-0.2, 0) is 13.1 Å². The topological polar surface area (TPSA) is 58.0 Å². The van der Waals surface area contributed by atoms with Crippen LogP contribution in [0.1, 0.15) is 21.7 Å². The first-order chi connectivity index (χ1) is 15.1.